The van der Waals surface area contributed by atoms with Crippen LogP contribution in [-0.4, -0.2) is 42.5 Å². The molecule has 0 aromatic rings. The molecule has 0 aliphatic heterocycles. The molecule has 0 amide bonds. The monoisotopic (exact) mass is 243 g/mol. The second kappa shape index (κ2) is 5.49. The molecular formula is C9H16F3NO3. The van der Waals surface area contributed by atoms with Crippen molar-refractivity contribution in [3.05, 3.63) is 0 Å². The van der Waals surface area contributed by atoms with Crippen molar-refractivity contribution < 1.29 is 27.8 Å². The van der Waals surface area contributed by atoms with Crippen LogP contribution in [0.1, 0.15) is 20.3 Å². The zero-order chi connectivity index (χ0) is 13.0. The number of ether oxygens (including phenoxy) is 1. The van der Waals surface area contributed by atoms with Gasteiger partial charge in [-0.25, -0.2) is 4.79 Å². The fourth-order valence-electron chi connectivity index (χ4n) is 0.923. The van der Waals surface area contributed by atoms with Crippen molar-refractivity contribution in [2.45, 2.75) is 38.1 Å². The molecule has 0 spiro atoms. The molecule has 2 N–H and O–H groups in total. The Kier molecular flexibility index (Phi) is 5.21. The molecule has 0 heterocycles. The van der Waals surface area contributed by atoms with Crippen LogP contribution in [0.4, 0.5) is 13.2 Å². The molecular weight excluding hydrogens is 227 g/mol. The molecule has 0 saturated heterocycles. The van der Waals surface area contributed by atoms with E-state index in [2.05, 4.69) is 10.1 Å². The predicted molar refractivity (Wildman–Crippen MR) is 50.8 cm³/mol. The number of hydrogen-bond acceptors (Lipinski definition) is 4. The van der Waals surface area contributed by atoms with Gasteiger partial charge in [0.15, 0.2) is 0 Å². The molecule has 0 bridgehead atoms. The second-order valence-electron chi connectivity index (χ2n) is 3.54. The average Bonchev–Trinajstić information content (AvgIpc) is 2.22. The standard InChI is InChI=1S/C9H16F3NO3/c1-4-6(2)13-5-8(15,7(14)16-3)9(10,11)12/h6,13,15H,4-5H2,1-3H3. The van der Waals surface area contributed by atoms with Crippen molar-refractivity contribution in [2.75, 3.05) is 13.7 Å². The highest BCUT2D eigenvalue weighted by Crippen LogP contribution is 2.31. The molecule has 96 valence electrons. The Morgan fingerprint density at radius 3 is 2.31 bits per heavy atom. The molecule has 7 heteroatoms. The maximum Gasteiger partial charge on any atom is 0.429 e. The van der Waals surface area contributed by atoms with Crippen LogP contribution < -0.4 is 5.32 Å². The number of carbonyl (C=O) groups is 1. The molecule has 0 fully saturated rings. The summed E-state index contributed by atoms with van der Waals surface area (Å²) in [7, 11) is 0.794. The van der Waals surface area contributed by atoms with Gasteiger partial charge in [0.2, 0.25) is 0 Å². The lowest BCUT2D eigenvalue weighted by Crippen LogP contribution is -2.59. The van der Waals surface area contributed by atoms with Gasteiger partial charge in [-0.15, -0.1) is 0 Å². The summed E-state index contributed by atoms with van der Waals surface area (Å²) in [6, 6.07) is -0.237. The van der Waals surface area contributed by atoms with Crippen molar-refractivity contribution in [2.24, 2.45) is 0 Å². The summed E-state index contributed by atoms with van der Waals surface area (Å²) in [5.74, 6) is -1.71. The first kappa shape index (κ1) is 15.2. The third-order valence-corrected chi connectivity index (χ3v) is 2.31. The van der Waals surface area contributed by atoms with Gasteiger partial charge in [0.05, 0.1) is 7.11 Å². The minimum atomic E-state index is -5.07. The van der Waals surface area contributed by atoms with E-state index in [1.165, 1.54) is 0 Å². The Labute approximate surface area is 91.8 Å². The van der Waals surface area contributed by atoms with Gasteiger partial charge >= 0.3 is 12.1 Å². The maximum atomic E-state index is 12.5. The number of aliphatic hydroxyl groups is 1. The summed E-state index contributed by atoms with van der Waals surface area (Å²) in [6.45, 7) is 2.49. The molecule has 0 saturated carbocycles. The predicted octanol–water partition coefficient (Wildman–Crippen LogP) is 0.841. The molecule has 16 heavy (non-hydrogen) atoms. The van der Waals surface area contributed by atoms with Gasteiger partial charge in [-0.1, -0.05) is 6.92 Å². The number of methoxy groups -OCH3 is 1. The van der Waals surface area contributed by atoms with Gasteiger partial charge in [-0.05, 0) is 13.3 Å². The Bertz CT molecular complexity index is 245. The molecule has 0 aliphatic rings. The fourth-order valence-corrected chi connectivity index (χ4v) is 0.923. The highest BCUT2D eigenvalue weighted by Gasteiger charge is 2.60. The van der Waals surface area contributed by atoms with E-state index in [1.54, 1.807) is 13.8 Å². The quantitative estimate of drug-likeness (QED) is 0.702. The number of hydrogen-bond donors (Lipinski definition) is 2. The summed E-state index contributed by atoms with van der Waals surface area (Å²) >= 11 is 0. The number of esters is 1. The first-order valence-corrected chi connectivity index (χ1v) is 4.80. The van der Waals surface area contributed by atoms with E-state index in [0.29, 0.717) is 6.42 Å². The van der Waals surface area contributed by atoms with E-state index in [-0.39, 0.29) is 6.04 Å². The van der Waals surface area contributed by atoms with E-state index in [1.807, 2.05) is 0 Å². The van der Waals surface area contributed by atoms with Crippen molar-refractivity contribution in [1.82, 2.24) is 5.32 Å². The number of rotatable bonds is 5. The summed E-state index contributed by atoms with van der Waals surface area (Å²) in [6.07, 6.45) is -4.49. The fraction of sp³-hybridized carbons (Fsp3) is 0.889. The Hall–Kier alpha value is -0.820. The zero-order valence-corrected chi connectivity index (χ0v) is 9.39. The minimum Gasteiger partial charge on any atom is -0.467 e. The Morgan fingerprint density at radius 1 is 1.50 bits per heavy atom. The molecule has 2 unspecified atom stereocenters. The van der Waals surface area contributed by atoms with Gasteiger partial charge in [-0.2, -0.15) is 13.2 Å². The molecule has 4 nitrogen and oxygen atoms in total. The number of carbonyl (C=O) groups excluding carboxylic acids is 1. The van der Waals surface area contributed by atoms with E-state index in [9.17, 15) is 23.1 Å². The zero-order valence-electron chi connectivity index (χ0n) is 9.39. The van der Waals surface area contributed by atoms with Crippen molar-refractivity contribution >= 4 is 5.97 Å². The van der Waals surface area contributed by atoms with E-state index in [4.69, 9.17) is 0 Å². The normalized spacial score (nSPS) is 17.7. The molecule has 0 aromatic heterocycles. The average molecular weight is 243 g/mol. The molecule has 0 radical (unpaired) electrons. The highest BCUT2D eigenvalue weighted by atomic mass is 19.4. The van der Waals surface area contributed by atoms with Crippen molar-refractivity contribution in [3.63, 3.8) is 0 Å². The van der Waals surface area contributed by atoms with Crippen LogP contribution in [0.5, 0.6) is 0 Å². The lowest BCUT2D eigenvalue weighted by atomic mass is 10.0. The first-order valence-electron chi connectivity index (χ1n) is 4.80. The topological polar surface area (TPSA) is 58.6 Å². The maximum absolute atomic E-state index is 12.5. The van der Waals surface area contributed by atoms with Crippen LogP contribution in [-0.2, 0) is 9.53 Å². The van der Waals surface area contributed by atoms with E-state index < -0.39 is 24.3 Å². The third-order valence-electron chi connectivity index (χ3n) is 2.31. The van der Waals surface area contributed by atoms with Crippen LogP contribution in [0.2, 0.25) is 0 Å². The van der Waals surface area contributed by atoms with E-state index in [0.717, 1.165) is 7.11 Å². The van der Waals surface area contributed by atoms with Crippen LogP contribution in [0.25, 0.3) is 0 Å². The lowest BCUT2D eigenvalue weighted by Gasteiger charge is -2.28. The largest absolute Gasteiger partial charge is 0.467 e. The van der Waals surface area contributed by atoms with Crippen LogP contribution in [0.15, 0.2) is 0 Å². The van der Waals surface area contributed by atoms with Gasteiger partial charge in [-0.3, -0.25) is 0 Å². The van der Waals surface area contributed by atoms with E-state index >= 15 is 0 Å². The molecule has 2 atom stereocenters. The van der Waals surface area contributed by atoms with Gasteiger partial charge in [0.25, 0.3) is 5.60 Å². The van der Waals surface area contributed by atoms with Crippen LogP contribution >= 0.6 is 0 Å². The van der Waals surface area contributed by atoms with Crippen LogP contribution in [0.3, 0.4) is 0 Å². The second-order valence-corrected chi connectivity index (χ2v) is 3.54. The lowest BCUT2D eigenvalue weighted by molar-refractivity contribution is -0.259. The number of nitrogens with one attached hydrogen (secondary N) is 1. The molecule has 0 aliphatic carbocycles. The third kappa shape index (κ3) is 3.34. The Morgan fingerprint density at radius 2 is 2.00 bits per heavy atom. The summed E-state index contributed by atoms with van der Waals surface area (Å²) in [4.78, 5) is 10.9. The summed E-state index contributed by atoms with van der Waals surface area (Å²) in [5, 5.41) is 11.7. The van der Waals surface area contributed by atoms with Gasteiger partial charge in [0, 0.05) is 12.6 Å². The first-order chi connectivity index (χ1) is 7.19. The smallest absolute Gasteiger partial charge is 0.429 e. The van der Waals surface area contributed by atoms with Crippen molar-refractivity contribution in [1.29, 1.82) is 0 Å². The number of halogens is 3. The molecule has 0 aromatic carbocycles. The van der Waals surface area contributed by atoms with Gasteiger partial charge < -0.3 is 15.2 Å². The summed E-state index contributed by atoms with van der Waals surface area (Å²) in [5.41, 5.74) is -3.49. The van der Waals surface area contributed by atoms with Crippen molar-refractivity contribution in [3.8, 4) is 0 Å². The Balaban J connectivity index is 4.76. The number of alkyl halides is 3. The summed E-state index contributed by atoms with van der Waals surface area (Å²) < 4.78 is 41.5. The highest BCUT2D eigenvalue weighted by molar-refractivity contribution is 5.80. The van der Waals surface area contributed by atoms with Crippen LogP contribution in [0, 0.1) is 0 Å². The van der Waals surface area contributed by atoms with Gasteiger partial charge in [0.1, 0.15) is 0 Å². The SMILES string of the molecule is CCC(C)NCC(O)(C(=O)OC)C(F)(F)F. The molecule has 0 rings (SSSR count). The minimum absolute atomic E-state index is 0.237.